The van der Waals surface area contributed by atoms with Crippen molar-refractivity contribution in [1.29, 1.82) is 0 Å². The van der Waals surface area contributed by atoms with Gasteiger partial charge in [0.2, 0.25) is 0 Å². The summed E-state index contributed by atoms with van der Waals surface area (Å²) in [4.78, 5) is 27.0. The fraction of sp³-hybridized carbons (Fsp3) is 0.562. The second-order valence-electron chi connectivity index (χ2n) is 9.96. The van der Waals surface area contributed by atoms with E-state index in [1.54, 1.807) is 36.4 Å². The van der Waals surface area contributed by atoms with Gasteiger partial charge in [-0.1, -0.05) is 115 Å². The zero-order chi connectivity index (χ0) is 25.6. The SMILES string of the molecule is CCCCCCCCCOc1ccc(OCCCCCCCCC)c2c1C(=O)c1ccccc1C2=O. The highest BCUT2D eigenvalue weighted by molar-refractivity contribution is 6.30. The average molecular weight is 493 g/mol. The lowest BCUT2D eigenvalue weighted by Crippen LogP contribution is -2.23. The Morgan fingerprint density at radius 2 is 0.861 bits per heavy atom. The van der Waals surface area contributed by atoms with Gasteiger partial charge in [-0.15, -0.1) is 0 Å². The summed E-state index contributed by atoms with van der Waals surface area (Å²) in [6.07, 6.45) is 16.7. The van der Waals surface area contributed by atoms with Crippen LogP contribution < -0.4 is 9.47 Å². The van der Waals surface area contributed by atoms with Crippen LogP contribution in [0.3, 0.4) is 0 Å². The molecule has 0 bridgehead atoms. The van der Waals surface area contributed by atoms with Gasteiger partial charge in [0.25, 0.3) is 0 Å². The van der Waals surface area contributed by atoms with E-state index in [4.69, 9.17) is 9.47 Å². The van der Waals surface area contributed by atoms with Crippen LogP contribution in [0, 0.1) is 0 Å². The minimum atomic E-state index is -0.156. The molecule has 2 aromatic rings. The number of carbonyl (C=O) groups is 2. The Kier molecular flexibility index (Phi) is 12.0. The lowest BCUT2D eigenvalue weighted by atomic mass is 9.83. The van der Waals surface area contributed by atoms with Crippen molar-refractivity contribution in [1.82, 2.24) is 0 Å². The van der Waals surface area contributed by atoms with Gasteiger partial charge in [0.15, 0.2) is 11.6 Å². The lowest BCUT2D eigenvalue weighted by molar-refractivity contribution is 0.0971. The highest BCUT2D eigenvalue weighted by atomic mass is 16.5. The van der Waals surface area contributed by atoms with E-state index in [0.29, 0.717) is 47.0 Å². The zero-order valence-corrected chi connectivity index (χ0v) is 22.4. The Labute approximate surface area is 217 Å². The average Bonchev–Trinajstić information content (AvgIpc) is 2.90. The molecule has 0 fully saturated rings. The Balaban J connectivity index is 1.65. The van der Waals surface area contributed by atoms with Gasteiger partial charge in [-0.05, 0) is 25.0 Å². The third kappa shape index (κ3) is 7.69. The van der Waals surface area contributed by atoms with Gasteiger partial charge in [-0.2, -0.15) is 0 Å². The first-order valence-corrected chi connectivity index (χ1v) is 14.3. The number of hydrogen-bond acceptors (Lipinski definition) is 4. The van der Waals surface area contributed by atoms with Gasteiger partial charge in [-0.3, -0.25) is 9.59 Å². The molecule has 0 atom stereocenters. The number of ketones is 2. The first-order valence-electron chi connectivity index (χ1n) is 14.3. The van der Waals surface area contributed by atoms with Crippen molar-refractivity contribution in [2.75, 3.05) is 13.2 Å². The van der Waals surface area contributed by atoms with Crippen LogP contribution >= 0.6 is 0 Å². The first-order chi connectivity index (χ1) is 17.7. The third-order valence-corrected chi connectivity index (χ3v) is 7.01. The molecule has 196 valence electrons. The molecule has 0 unspecified atom stereocenters. The maximum atomic E-state index is 13.5. The van der Waals surface area contributed by atoms with Gasteiger partial charge < -0.3 is 9.47 Å². The predicted octanol–water partition coefficient (Wildman–Crippen LogP) is 8.72. The maximum Gasteiger partial charge on any atom is 0.198 e. The number of carbonyl (C=O) groups excluding carboxylic acids is 2. The summed E-state index contributed by atoms with van der Waals surface area (Å²) >= 11 is 0. The van der Waals surface area contributed by atoms with Crippen molar-refractivity contribution >= 4 is 11.6 Å². The molecule has 0 saturated carbocycles. The van der Waals surface area contributed by atoms with E-state index >= 15 is 0 Å². The Morgan fingerprint density at radius 1 is 0.500 bits per heavy atom. The summed E-state index contributed by atoms with van der Waals surface area (Å²) in [5.41, 5.74) is 1.61. The number of unbranched alkanes of at least 4 members (excludes halogenated alkanes) is 12. The molecule has 36 heavy (non-hydrogen) atoms. The summed E-state index contributed by atoms with van der Waals surface area (Å²) in [5, 5.41) is 0. The van der Waals surface area contributed by atoms with E-state index in [9.17, 15) is 9.59 Å². The van der Waals surface area contributed by atoms with Crippen LogP contribution in [0.15, 0.2) is 36.4 Å². The first kappa shape index (κ1) is 28.0. The molecule has 4 nitrogen and oxygen atoms in total. The number of hydrogen-bond donors (Lipinski definition) is 0. The fourth-order valence-corrected chi connectivity index (χ4v) is 4.89. The van der Waals surface area contributed by atoms with E-state index in [1.165, 1.54) is 64.2 Å². The van der Waals surface area contributed by atoms with Crippen molar-refractivity contribution in [3.05, 3.63) is 58.7 Å². The maximum absolute atomic E-state index is 13.5. The van der Waals surface area contributed by atoms with Crippen LogP contribution in [0.5, 0.6) is 11.5 Å². The summed E-state index contributed by atoms with van der Waals surface area (Å²) in [7, 11) is 0. The molecule has 0 spiro atoms. The molecular formula is C32H44O4. The Hall–Kier alpha value is -2.62. The number of ether oxygens (including phenoxy) is 2. The van der Waals surface area contributed by atoms with Crippen LogP contribution in [-0.2, 0) is 0 Å². The van der Waals surface area contributed by atoms with Gasteiger partial charge in [-0.25, -0.2) is 0 Å². The molecule has 0 radical (unpaired) electrons. The molecule has 0 aliphatic heterocycles. The largest absolute Gasteiger partial charge is 0.493 e. The van der Waals surface area contributed by atoms with Crippen LogP contribution in [0.25, 0.3) is 0 Å². The summed E-state index contributed by atoms with van der Waals surface area (Å²) in [5.74, 6) is 0.673. The highest BCUT2D eigenvalue weighted by Gasteiger charge is 2.35. The molecule has 0 N–H and O–H groups in total. The van der Waals surface area contributed by atoms with Gasteiger partial charge in [0, 0.05) is 11.1 Å². The molecular weight excluding hydrogens is 448 g/mol. The van der Waals surface area contributed by atoms with E-state index in [-0.39, 0.29) is 11.6 Å². The molecule has 4 heteroatoms. The van der Waals surface area contributed by atoms with Crippen molar-refractivity contribution in [2.45, 2.75) is 104 Å². The molecule has 0 heterocycles. The molecule has 0 saturated heterocycles. The van der Waals surface area contributed by atoms with Gasteiger partial charge in [0.1, 0.15) is 11.5 Å². The molecule has 1 aliphatic rings. The highest BCUT2D eigenvalue weighted by Crippen LogP contribution is 2.38. The third-order valence-electron chi connectivity index (χ3n) is 7.01. The molecule has 0 amide bonds. The standard InChI is InChI=1S/C32H44O4/c1-3-5-7-9-11-13-17-23-35-27-21-22-28(36-24-18-14-12-10-8-6-4-2)30-29(27)31(33)25-19-15-16-20-26(25)32(30)34/h15-16,19-22H,3-14,17-18,23-24H2,1-2H3. The van der Waals surface area contributed by atoms with Gasteiger partial charge in [0.05, 0.1) is 24.3 Å². The molecule has 1 aliphatic carbocycles. The second kappa shape index (κ2) is 15.5. The molecule has 3 rings (SSSR count). The van der Waals surface area contributed by atoms with Crippen molar-refractivity contribution in [3.63, 3.8) is 0 Å². The van der Waals surface area contributed by atoms with Crippen molar-refractivity contribution in [2.24, 2.45) is 0 Å². The molecule has 0 aromatic heterocycles. The van der Waals surface area contributed by atoms with E-state index in [1.807, 2.05) is 0 Å². The number of rotatable bonds is 18. The summed E-state index contributed by atoms with van der Waals surface area (Å²) < 4.78 is 12.2. The van der Waals surface area contributed by atoms with Crippen LogP contribution in [-0.4, -0.2) is 24.8 Å². The van der Waals surface area contributed by atoms with Crippen LogP contribution in [0.1, 0.15) is 136 Å². The Morgan fingerprint density at radius 3 is 1.25 bits per heavy atom. The topological polar surface area (TPSA) is 52.6 Å². The Bertz CT molecular complexity index is 900. The van der Waals surface area contributed by atoms with Crippen LogP contribution in [0.4, 0.5) is 0 Å². The van der Waals surface area contributed by atoms with Crippen LogP contribution in [0.2, 0.25) is 0 Å². The monoisotopic (exact) mass is 492 g/mol. The van der Waals surface area contributed by atoms with E-state index < -0.39 is 0 Å². The van der Waals surface area contributed by atoms with E-state index in [0.717, 1.165) is 25.7 Å². The van der Waals surface area contributed by atoms with Crippen molar-refractivity contribution < 1.29 is 19.1 Å². The van der Waals surface area contributed by atoms with E-state index in [2.05, 4.69) is 13.8 Å². The van der Waals surface area contributed by atoms with Gasteiger partial charge >= 0.3 is 0 Å². The smallest absolute Gasteiger partial charge is 0.198 e. The minimum absolute atomic E-state index is 0.156. The summed E-state index contributed by atoms with van der Waals surface area (Å²) in [6, 6.07) is 10.7. The number of benzene rings is 2. The predicted molar refractivity (Wildman–Crippen MR) is 147 cm³/mol. The fourth-order valence-electron chi connectivity index (χ4n) is 4.89. The molecule has 2 aromatic carbocycles. The second-order valence-corrected chi connectivity index (χ2v) is 9.96. The quantitative estimate of drug-likeness (QED) is 0.167. The summed E-state index contributed by atoms with van der Waals surface area (Å²) in [6.45, 7) is 5.54. The lowest BCUT2D eigenvalue weighted by Gasteiger charge is -2.23. The normalized spacial score (nSPS) is 12.4. The zero-order valence-electron chi connectivity index (χ0n) is 22.4. The minimum Gasteiger partial charge on any atom is -0.493 e. The number of fused-ring (bicyclic) bond motifs is 2. The van der Waals surface area contributed by atoms with Crippen molar-refractivity contribution in [3.8, 4) is 11.5 Å².